The number of methoxy groups -OCH3 is 1. The smallest absolute Gasteiger partial charge is 0.311 e. The number of amides is 1. The Labute approximate surface area is 165 Å². The Morgan fingerprint density at radius 2 is 2.11 bits per heavy atom. The molecule has 1 aliphatic carbocycles. The van der Waals surface area contributed by atoms with E-state index >= 15 is 0 Å². The number of halogens is 2. The monoisotopic (exact) mass is 408 g/mol. The lowest BCUT2D eigenvalue weighted by Crippen LogP contribution is -2.24. The zero-order valence-electron chi connectivity index (χ0n) is 15.0. The molecule has 1 amide bonds. The average molecular weight is 409 g/mol. The van der Waals surface area contributed by atoms with E-state index < -0.39 is 16.6 Å². The van der Waals surface area contributed by atoms with Crippen molar-refractivity contribution >= 4 is 23.2 Å². The van der Waals surface area contributed by atoms with E-state index in [4.69, 9.17) is 21.1 Å². The van der Waals surface area contributed by atoms with Crippen LogP contribution in [-0.4, -0.2) is 24.5 Å². The second-order valence-electron chi connectivity index (χ2n) is 6.43. The summed E-state index contributed by atoms with van der Waals surface area (Å²) in [6.07, 6.45) is 1.97. The number of benzene rings is 2. The number of nitro groups is 1. The highest BCUT2D eigenvalue weighted by Crippen LogP contribution is 2.38. The van der Waals surface area contributed by atoms with Crippen LogP contribution in [0.2, 0.25) is 5.02 Å². The highest BCUT2D eigenvalue weighted by molar-refractivity contribution is 6.34. The predicted molar refractivity (Wildman–Crippen MR) is 100 cm³/mol. The van der Waals surface area contributed by atoms with Gasteiger partial charge in [-0.05, 0) is 42.5 Å². The van der Waals surface area contributed by atoms with Crippen LogP contribution in [0.4, 0.5) is 10.1 Å². The van der Waals surface area contributed by atoms with Crippen LogP contribution in [0.3, 0.4) is 0 Å². The zero-order valence-corrected chi connectivity index (χ0v) is 15.8. The first-order valence-corrected chi connectivity index (χ1v) is 8.98. The Morgan fingerprint density at radius 1 is 1.36 bits per heavy atom. The molecule has 0 heterocycles. The van der Waals surface area contributed by atoms with Crippen molar-refractivity contribution in [3.63, 3.8) is 0 Å². The van der Waals surface area contributed by atoms with Gasteiger partial charge in [-0.15, -0.1) is 0 Å². The minimum Gasteiger partial charge on any atom is -0.494 e. The molecule has 0 atom stereocenters. The number of ether oxygens (including phenoxy) is 2. The second kappa shape index (κ2) is 8.43. The molecule has 2 aromatic rings. The van der Waals surface area contributed by atoms with Gasteiger partial charge in [0.1, 0.15) is 5.56 Å². The molecule has 0 spiro atoms. The fourth-order valence-corrected chi connectivity index (χ4v) is 2.86. The topological polar surface area (TPSA) is 90.7 Å². The minimum atomic E-state index is -0.643. The van der Waals surface area contributed by atoms with Crippen LogP contribution in [0.25, 0.3) is 0 Å². The molecule has 0 saturated heterocycles. The predicted octanol–water partition coefficient (Wildman–Crippen LogP) is 4.11. The van der Waals surface area contributed by atoms with Gasteiger partial charge in [-0.1, -0.05) is 17.7 Å². The van der Waals surface area contributed by atoms with Gasteiger partial charge in [0.15, 0.2) is 11.6 Å². The van der Waals surface area contributed by atoms with Crippen LogP contribution in [0.1, 0.15) is 28.8 Å². The lowest BCUT2D eigenvalue weighted by Gasteiger charge is -2.13. The number of nitrogens with zero attached hydrogens (tertiary/aromatic N) is 1. The third kappa shape index (κ3) is 4.51. The van der Waals surface area contributed by atoms with Crippen molar-refractivity contribution in [1.82, 2.24) is 5.32 Å². The van der Waals surface area contributed by atoms with Crippen LogP contribution in [0.5, 0.6) is 11.5 Å². The highest BCUT2D eigenvalue weighted by atomic mass is 35.5. The number of rotatable bonds is 8. The van der Waals surface area contributed by atoms with E-state index in [1.165, 1.54) is 31.4 Å². The van der Waals surface area contributed by atoms with Gasteiger partial charge in [-0.3, -0.25) is 14.9 Å². The fraction of sp³-hybridized carbons (Fsp3) is 0.316. The molecule has 148 valence electrons. The summed E-state index contributed by atoms with van der Waals surface area (Å²) in [5.74, 6) is -0.932. The molecule has 2 aromatic carbocycles. The Balaban J connectivity index is 1.82. The summed E-state index contributed by atoms with van der Waals surface area (Å²) in [6, 6.07) is 6.77. The SMILES string of the molecule is COc1ccc(CNC(=O)c2c(Cl)ccc([N+](=O)[O-])c2OCC2CC2)cc1F. The number of nitro benzene ring substituents is 1. The van der Waals surface area contributed by atoms with E-state index in [1.807, 2.05) is 0 Å². The molecule has 0 bridgehead atoms. The van der Waals surface area contributed by atoms with Crippen molar-refractivity contribution in [1.29, 1.82) is 0 Å². The Bertz CT molecular complexity index is 917. The maximum Gasteiger partial charge on any atom is 0.311 e. The largest absolute Gasteiger partial charge is 0.494 e. The first-order chi connectivity index (χ1) is 13.4. The third-order valence-electron chi connectivity index (χ3n) is 4.34. The Morgan fingerprint density at radius 3 is 2.71 bits per heavy atom. The van der Waals surface area contributed by atoms with Gasteiger partial charge in [0.2, 0.25) is 5.75 Å². The summed E-state index contributed by atoms with van der Waals surface area (Å²) in [5.41, 5.74) is 0.0600. The zero-order chi connectivity index (χ0) is 20.3. The van der Waals surface area contributed by atoms with Crippen molar-refractivity contribution in [2.45, 2.75) is 19.4 Å². The third-order valence-corrected chi connectivity index (χ3v) is 4.65. The van der Waals surface area contributed by atoms with Crippen LogP contribution in [-0.2, 0) is 6.54 Å². The van der Waals surface area contributed by atoms with E-state index in [1.54, 1.807) is 6.07 Å². The van der Waals surface area contributed by atoms with E-state index in [2.05, 4.69) is 5.32 Å². The van der Waals surface area contributed by atoms with E-state index in [-0.39, 0.29) is 40.9 Å². The highest BCUT2D eigenvalue weighted by Gasteiger charge is 2.29. The van der Waals surface area contributed by atoms with Crippen molar-refractivity contribution < 1.29 is 23.6 Å². The van der Waals surface area contributed by atoms with Crippen LogP contribution in [0, 0.1) is 21.8 Å². The summed E-state index contributed by atoms with van der Waals surface area (Å²) in [6.45, 7) is 0.284. The molecule has 0 aromatic heterocycles. The molecule has 1 N–H and O–H groups in total. The number of carbonyl (C=O) groups is 1. The quantitative estimate of drug-likeness (QED) is 0.524. The maximum atomic E-state index is 13.8. The molecule has 7 nitrogen and oxygen atoms in total. The summed E-state index contributed by atoms with van der Waals surface area (Å²) in [7, 11) is 1.35. The number of hydrogen-bond acceptors (Lipinski definition) is 5. The van der Waals surface area contributed by atoms with E-state index in [9.17, 15) is 19.3 Å². The van der Waals surface area contributed by atoms with Crippen LogP contribution >= 0.6 is 11.6 Å². The summed E-state index contributed by atoms with van der Waals surface area (Å²) < 4.78 is 24.2. The fourth-order valence-electron chi connectivity index (χ4n) is 2.63. The number of hydrogen-bond donors (Lipinski definition) is 1. The first-order valence-electron chi connectivity index (χ1n) is 8.61. The molecule has 28 heavy (non-hydrogen) atoms. The summed E-state index contributed by atoms with van der Waals surface area (Å²) >= 11 is 6.14. The second-order valence-corrected chi connectivity index (χ2v) is 6.84. The molecule has 3 rings (SSSR count). The lowest BCUT2D eigenvalue weighted by molar-refractivity contribution is -0.385. The molecule has 1 fully saturated rings. The standard InChI is InChI=1S/C19H18ClFN2O5/c1-27-16-7-4-12(8-14(16)21)9-22-19(24)17-13(20)5-6-15(23(25)26)18(17)28-10-11-2-3-11/h4-8,11H,2-3,9-10H2,1H3,(H,22,24). The average Bonchev–Trinajstić information content (AvgIpc) is 3.48. The number of nitrogens with one attached hydrogen (secondary N) is 1. The van der Waals surface area contributed by atoms with Crippen molar-refractivity contribution in [3.05, 3.63) is 62.4 Å². The van der Waals surface area contributed by atoms with Crippen molar-refractivity contribution in [3.8, 4) is 11.5 Å². The summed E-state index contributed by atoms with van der Waals surface area (Å²) in [4.78, 5) is 23.4. The van der Waals surface area contributed by atoms with Gasteiger partial charge in [0.25, 0.3) is 5.91 Å². The molecular formula is C19H18ClFN2O5. The summed E-state index contributed by atoms with van der Waals surface area (Å²) in [5, 5.41) is 14.0. The van der Waals surface area contributed by atoms with Gasteiger partial charge in [0, 0.05) is 12.6 Å². The first kappa shape index (κ1) is 19.9. The maximum absolute atomic E-state index is 13.8. The molecule has 9 heteroatoms. The molecule has 0 aliphatic heterocycles. The lowest BCUT2D eigenvalue weighted by atomic mass is 10.1. The minimum absolute atomic E-state index is 0.000827. The Kier molecular flexibility index (Phi) is 5.99. The van der Waals surface area contributed by atoms with Crippen molar-refractivity contribution in [2.24, 2.45) is 5.92 Å². The van der Waals surface area contributed by atoms with Gasteiger partial charge < -0.3 is 14.8 Å². The van der Waals surface area contributed by atoms with Gasteiger partial charge >= 0.3 is 5.69 Å². The van der Waals surface area contributed by atoms with Crippen LogP contribution in [0.15, 0.2) is 30.3 Å². The molecule has 1 saturated carbocycles. The normalized spacial score (nSPS) is 13.1. The van der Waals surface area contributed by atoms with Crippen molar-refractivity contribution in [2.75, 3.05) is 13.7 Å². The molecule has 0 radical (unpaired) electrons. The van der Waals surface area contributed by atoms with Gasteiger partial charge in [-0.25, -0.2) is 4.39 Å². The van der Waals surface area contributed by atoms with Crippen LogP contribution < -0.4 is 14.8 Å². The number of carbonyl (C=O) groups excluding carboxylic acids is 1. The molecule has 1 aliphatic rings. The van der Waals surface area contributed by atoms with Gasteiger partial charge in [-0.2, -0.15) is 0 Å². The Hall–Kier alpha value is -2.87. The van der Waals surface area contributed by atoms with E-state index in [0.717, 1.165) is 12.8 Å². The van der Waals surface area contributed by atoms with Gasteiger partial charge in [0.05, 0.1) is 23.7 Å². The molecule has 0 unspecified atom stereocenters. The van der Waals surface area contributed by atoms with E-state index in [0.29, 0.717) is 11.5 Å². The molecular weight excluding hydrogens is 391 g/mol.